The number of aliphatic imine (C=N–C) groups is 1. The number of guanidine groups is 2. The molecule has 4 N–H and O–H groups in total. The van der Waals surface area contributed by atoms with Gasteiger partial charge in [0.25, 0.3) is 0 Å². The monoisotopic (exact) mass is 233 g/mol. The summed E-state index contributed by atoms with van der Waals surface area (Å²) in [7, 11) is 3.49. The Bertz CT molecular complexity index is 413. The van der Waals surface area contributed by atoms with E-state index in [1.165, 1.54) is 5.57 Å². The van der Waals surface area contributed by atoms with Gasteiger partial charge in [-0.05, 0) is 25.5 Å². The lowest BCUT2D eigenvalue weighted by Gasteiger charge is -2.10. The van der Waals surface area contributed by atoms with Gasteiger partial charge in [0.2, 0.25) is 11.9 Å². The fraction of sp³-hybridized carbons (Fsp3) is 0.333. The maximum Gasteiger partial charge on any atom is 0.220 e. The van der Waals surface area contributed by atoms with E-state index in [9.17, 15) is 0 Å². The predicted molar refractivity (Wildman–Crippen MR) is 71.8 cm³/mol. The number of rotatable bonds is 1. The Hall–Kier alpha value is -2.04. The quantitative estimate of drug-likeness (QED) is 0.470. The highest BCUT2D eigenvalue weighted by Crippen LogP contribution is 2.08. The van der Waals surface area contributed by atoms with Crippen molar-refractivity contribution in [2.24, 2.45) is 10.7 Å². The molecule has 1 aliphatic rings. The molecule has 5 heteroatoms. The van der Waals surface area contributed by atoms with E-state index in [-0.39, 0.29) is 11.9 Å². The molecule has 0 fully saturated rings. The van der Waals surface area contributed by atoms with Gasteiger partial charge in [0.05, 0.1) is 0 Å². The van der Waals surface area contributed by atoms with Crippen LogP contribution in [0.25, 0.3) is 0 Å². The minimum atomic E-state index is 0.111. The van der Waals surface area contributed by atoms with Crippen molar-refractivity contribution in [3.63, 3.8) is 0 Å². The number of hydrogen-bond donors (Lipinski definition) is 3. The molecule has 0 spiro atoms. The van der Waals surface area contributed by atoms with Crippen LogP contribution < -0.4 is 11.1 Å². The number of nitrogens with zero attached hydrogens (tertiary/aromatic N) is 2. The average Bonchev–Trinajstić information content (AvgIpc) is 2.43. The van der Waals surface area contributed by atoms with Gasteiger partial charge in [-0.25, -0.2) is 0 Å². The Morgan fingerprint density at radius 3 is 2.82 bits per heavy atom. The zero-order valence-corrected chi connectivity index (χ0v) is 10.5. The lowest BCUT2D eigenvalue weighted by Crippen LogP contribution is -2.33. The zero-order chi connectivity index (χ0) is 12.8. The van der Waals surface area contributed by atoms with E-state index in [0.29, 0.717) is 0 Å². The minimum absolute atomic E-state index is 0.111. The van der Waals surface area contributed by atoms with Gasteiger partial charge in [-0.15, -0.1) is 0 Å². The van der Waals surface area contributed by atoms with Crippen molar-refractivity contribution in [3.05, 3.63) is 35.6 Å². The molecule has 0 aromatic heterocycles. The van der Waals surface area contributed by atoms with Gasteiger partial charge in [-0.1, -0.05) is 17.7 Å². The number of allylic oxidation sites excluding steroid dienone is 5. The molecule has 17 heavy (non-hydrogen) atoms. The summed E-state index contributed by atoms with van der Waals surface area (Å²) in [5.74, 6) is 0.326. The smallest absolute Gasteiger partial charge is 0.220 e. The normalized spacial score (nSPS) is 15.8. The first-order valence-electron chi connectivity index (χ1n) is 5.40. The van der Waals surface area contributed by atoms with Crippen LogP contribution in [0.2, 0.25) is 0 Å². The first-order valence-corrected chi connectivity index (χ1v) is 5.40. The third-order valence-electron chi connectivity index (χ3n) is 2.21. The van der Waals surface area contributed by atoms with Gasteiger partial charge < -0.3 is 16.0 Å². The summed E-state index contributed by atoms with van der Waals surface area (Å²) in [4.78, 5) is 5.50. The molecular formula is C12H19N5. The summed E-state index contributed by atoms with van der Waals surface area (Å²) in [5, 5.41) is 10.5. The summed E-state index contributed by atoms with van der Waals surface area (Å²) in [6.45, 7) is 2.07. The lowest BCUT2D eigenvalue weighted by atomic mass is 10.2. The third kappa shape index (κ3) is 4.55. The van der Waals surface area contributed by atoms with Crippen molar-refractivity contribution in [1.82, 2.24) is 10.2 Å². The molecule has 0 saturated heterocycles. The molecule has 0 aromatic rings. The van der Waals surface area contributed by atoms with Gasteiger partial charge in [0.1, 0.15) is 0 Å². The van der Waals surface area contributed by atoms with Crippen molar-refractivity contribution >= 4 is 11.9 Å². The number of nitrogens with one attached hydrogen (secondary N) is 2. The van der Waals surface area contributed by atoms with Crippen LogP contribution in [0.4, 0.5) is 0 Å². The fourth-order valence-electron chi connectivity index (χ4n) is 1.20. The van der Waals surface area contributed by atoms with Gasteiger partial charge in [-0.2, -0.15) is 4.99 Å². The summed E-state index contributed by atoms with van der Waals surface area (Å²) < 4.78 is 0. The van der Waals surface area contributed by atoms with Gasteiger partial charge in [0.15, 0.2) is 0 Å². The second kappa shape index (κ2) is 5.89. The average molecular weight is 233 g/mol. The van der Waals surface area contributed by atoms with Crippen LogP contribution in [0.3, 0.4) is 0 Å². The Morgan fingerprint density at radius 2 is 2.18 bits per heavy atom. The molecule has 1 rings (SSSR count). The van der Waals surface area contributed by atoms with Crippen molar-refractivity contribution in [1.29, 1.82) is 5.41 Å². The molecule has 92 valence electrons. The van der Waals surface area contributed by atoms with Crippen LogP contribution >= 0.6 is 0 Å². The van der Waals surface area contributed by atoms with Crippen molar-refractivity contribution in [2.75, 3.05) is 14.1 Å². The molecule has 0 saturated carbocycles. The maximum absolute atomic E-state index is 7.54. The van der Waals surface area contributed by atoms with E-state index in [2.05, 4.69) is 23.3 Å². The Labute approximate surface area is 102 Å². The van der Waals surface area contributed by atoms with E-state index in [1.807, 2.05) is 18.2 Å². The Kier molecular flexibility index (Phi) is 4.51. The third-order valence-corrected chi connectivity index (χ3v) is 2.21. The van der Waals surface area contributed by atoms with Crippen molar-refractivity contribution in [2.45, 2.75) is 13.3 Å². The molecular weight excluding hydrogens is 214 g/mol. The summed E-state index contributed by atoms with van der Waals surface area (Å²) in [6, 6.07) is 0. The number of nitrogens with two attached hydrogens (primary N) is 1. The van der Waals surface area contributed by atoms with Gasteiger partial charge in [0, 0.05) is 19.8 Å². The van der Waals surface area contributed by atoms with Crippen LogP contribution in [-0.4, -0.2) is 30.9 Å². The fourth-order valence-corrected chi connectivity index (χ4v) is 1.20. The van der Waals surface area contributed by atoms with E-state index < -0.39 is 0 Å². The second-order valence-electron chi connectivity index (χ2n) is 4.08. The highest BCUT2D eigenvalue weighted by Gasteiger charge is 2.00. The molecule has 0 radical (unpaired) electrons. The summed E-state index contributed by atoms with van der Waals surface area (Å²) in [6.07, 6.45) is 8.93. The zero-order valence-electron chi connectivity index (χ0n) is 10.5. The van der Waals surface area contributed by atoms with Gasteiger partial charge >= 0.3 is 0 Å². The van der Waals surface area contributed by atoms with Crippen LogP contribution in [0.1, 0.15) is 13.3 Å². The van der Waals surface area contributed by atoms with Crippen LogP contribution in [0.15, 0.2) is 40.6 Å². The van der Waals surface area contributed by atoms with Crippen molar-refractivity contribution in [3.8, 4) is 0 Å². The number of hydrogen-bond acceptors (Lipinski definition) is 1. The molecule has 0 aromatic carbocycles. The summed E-state index contributed by atoms with van der Waals surface area (Å²) >= 11 is 0. The first-order chi connectivity index (χ1) is 7.99. The molecule has 5 nitrogen and oxygen atoms in total. The van der Waals surface area contributed by atoms with Crippen LogP contribution in [-0.2, 0) is 0 Å². The topological polar surface area (TPSA) is 77.5 Å². The second-order valence-corrected chi connectivity index (χ2v) is 4.08. The molecule has 0 bridgehead atoms. The van der Waals surface area contributed by atoms with Crippen LogP contribution in [0.5, 0.6) is 0 Å². The molecule has 0 aliphatic heterocycles. The molecule has 0 heterocycles. The Morgan fingerprint density at radius 1 is 1.47 bits per heavy atom. The maximum atomic E-state index is 7.54. The van der Waals surface area contributed by atoms with Crippen molar-refractivity contribution < 1.29 is 0 Å². The van der Waals surface area contributed by atoms with Gasteiger partial charge in [-0.3, -0.25) is 5.41 Å². The summed E-state index contributed by atoms with van der Waals surface area (Å²) in [5.41, 5.74) is 7.86. The Balaban J connectivity index is 2.69. The molecule has 0 amide bonds. The predicted octanol–water partition coefficient (Wildman–Crippen LogP) is 1.18. The lowest BCUT2D eigenvalue weighted by molar-refractivity contribution is 0.609. The minimum Gasteiger partial charge on any atom is -0.369 e. The molecule has 0 unspecified atom stereocenters. The highest BCUT2D eigenvalue weighted by molar-refractivity contribution is 5.93. The van der Waals surface area contributed by atoms with E-state index in [0.717, 1.165) is 12.1 Å². The standard InChI is InChI=1S/C12H19N5/c1-9-5-4-6-10(8-7-9)15-11(13)16-12(14)17(2)3/h4,6-8H,5H2,1-3H3,(H4,13,14,15,16). The first kappa shape index (κ1) is 13.0. The SMILES string of the molecule is CC1=CC=C(NC(N)=NC(=N)N(C)C)C=CC1. The largest absolute Gasteiger partial charge is 0.369 e. The highest BCUT2D eigenvalue weighted by atomic mass is 15.2. The molecule has 1 aliphatic carbocycles. The van der Waals surface area contributed by atoms with E-state index in [1.54, 1.807) is 19.0 Å². The van der Waals surface area contributed by atoms with E-state index in [4.69, 9.17) is 11.1 Å². The molecule has 0 atom stereocenters. The van der Waals surface area contributed by atoms with E-state index >= 15 is 0 Å². The van der Waals surface area contributed by atoms with Crippen LogP contribution in [0, 0.1) is 5.41 Å².